The number of esters is 1. The second-order valence-corrected chi connectivity index (χ2v) is 5.25. The molecule has 3 nitrogen and oxygen atoms in total. The van der Waals surface area contributed by atoms with Crippen LogP contribution >= 0.6 is 27.3 Å². The molecule has 1 atom stereocenters. The van der Waals surface area contributed by atoms with Crippen LogP contribution < -0.4 is 5.73 Å². The summed E-state index contributed by atoms with van der Waals surface area (Å²) in [6.45, 7) is 2.19. The predicted molar refractivity (Wildman–Crippen MR) is 60.2 cm³/mol. The predicted octanol–water partition coefficient (Wildman–Crippen LogP) is 2.46. The third-order valence-corrected chi connectivity index (χ3v) is 3.41. The fraction of sp³-hybridized carbons (Fsp3) is 0.444. The van der Waals surface area contributed by atoms with Gasteiger partial charge in [0.25, 0.3) is 0 Å². The van der Waals surface area contributed by atoms with Crippen LogP contribution in [0.1, 0.15) is 24.3 Å². The van der Waals surface area contributed by atoms with Gasteiger partial charge in [0.15, 0.2) is 0 Å². The summed E-state index contributed by atoms with van der Waals surface area (Å²) in [7, 11) is 0. The third kappa shape index (κ3) is 3.40. The van der Waals surface area contributed by atoms with Gasteiger partial charge in [0.1, 0.15) is 0 Å². The lowest BCUT2D eigenvalue weighted by Crippen LogP contribution is -2.16. The number of thiophene rings is 1. The first-order valence-electron chi connectivity index (χ1n) is 4.30. The van der Waals surface area contributed by atoms with Crippen LogP contribution in [0.3, 0.4) is 0 Å². The molecule has 0 saturated heterocycles. The van der Waals surface area contributed by atoms with E-state index in [1.165, 1.54) is 11.3 Å². The van der Waals surface area contributed by atoms with Crippen molar-refractivity contribution in [3.63, 3.8) is 0 Å². The zero-order valence-electron chi connectivity index (χ0n) is 7.83. The van der Waals surface area contributed by atoms with Crippen molar-refractivity contribution in [2.75, 3.05) is 6.61 Å². The van der Waals surface area contributed by atoms with E-state index in [1.54, 1.807) is 6.92 Å². The lowest BCUT2D eigenvalue weighted by Gasteiger charge is -2.07. The first-order chi connectivity index (χ1) is 6.63. The van der Waals surface area contributed by atoms with Crippen LogP contribution in [0.5, 0.6) is 0 Å². The average Bonchev–Trinajstić information content (AvgIpc) is 2.52. The Morgan fingerprint density at radius 3 is 2.93 bits per heavy atom. The highest BCUT2D eigenvalue weighted by atomic mass is 79.9. The molecule has 0 radical (unpaired) electrons. The van der Waals surface area contributed by atoms with Gasteiger partial charge in [-0.15, -0.1) is 11.3 Å². The second-order valence-electron chi connectivity index (χ2n) is 2.76. The highest BCUT2D eigenvalue weighted by molar-refractivity contribution is 9.11. The zero-order chi connectivity index (χ0) is 10.6. The Morgan fingerprint density at radius 1 is 1.71 bits per heavy atom. The van der Waals surface area contributed by atoms with Crippen molar-refractivity contribution < 1.29 is 9.53 Å². The van der Waals surface area contributed by atoms with Crippen molar-refractivity contribution >= 4 is 33.2 Å². The number of hydrogen-bond acceptors (Lipinski definition) is 4. The van der Waals surface area contributed by atoms with Crippen LogP contribution in [0.25, 0.3) is 0 Å². The number of ether oxygens (including phenoxy) is 1. The lowest BCUT2D eigenvalue weighted by atomic mass is 10.2. The third-order valence-electron chi connectivity index (χ3n) is 1.65. The molecule has 0 bridgehead atoms. The molecular weight excluding hydrogens is 266 g/mol. The number of nitrogens with two attached hydrogens (primary N) is 1. The molecule has 0 fully saturated rings. The van der Waals surface area contributed by atoms with Crippen LogP contribution in [0.15, 0.2) is 15.9 Å². The van der Waals surface area contributed by atoms with E-state index < -0.39 is 0 Å². The quantitative estimate of drug-likeness (QED) is 0.861. The smallest absolute Gasteiger partial charge is 0.307 e. The molecule has 1 aromatic heterocycles. The summed E-state index contributed by atoms with van der Waals surface area (Å²) >= 11 is 4.88. The Hall–Kier alpha value is -0.390. The van der Waals surface area contributed by atoms with E-state index in [-0.39, 0.29) is 18.4 Å². The first-order valence-corrected chi connectivity index (χ1v) is 5.91. The van der Waals surface area contributed by atoms with Crippen molar-refractivity contribution in [3.8, 4) is 0 Å². The molecule has 1 aromatic rings. The zero-order valence-corrected chi connectivity index (χ0v) is 10.2. The average molecular weight is 278 g/mol. The maximum absolute atomic E-state index is 11.1. The molecule has 0 aliphatic heterocycles. The van der Waals surface area contributed by atoms with Gasteiger partial charge in [0, 0.05) is 10.9 Å². The molecule has 2 N–H and O–H groups in total. The van der Waals surface area contributed by atoms with Crippen LogP contribution in [-0.2, 0) is 9.53 Å². The molecule has 0 saturated carbocycles. The largest absolute Gasteiger partial charge is 0.466 e. The van der Waals surface area contributed by atoms with E-state index in [0.29, 0.717) is 6.61 Å². The molecule has 1 heterocycles. The van der Waals surface area contributed by atoms with Crippen molar-refractivity contribution in [2.45, 2.75) is 19.4 Å². The Kier molecular flexibility index (Phi) is 4.57. The van der Waals surface area contributed by atoms with Gasteiger partial charge in [0.2, 0.25) is 0 Å². The van der Waals surface area contributed by atoms with Crippen molar-refractivity contribution in [1.29, 1.82) is 0 Å². The standard InChI is InChI=1S/C9H12BrNO2S/c1-2-13-9(12)5-6(11)7-3-4-8(10)14-7/h3-4,6H,2,5,11H2,1H3. The fourth-order valence-electron chi connectivity index (χ4n) is 1.03. The summed E-state index contributed by atoms with van der Waals surface area (Å²) in [4.78, 5) is 12.1. The van der Waals surface area contributed by atoms with Crippen LogP contribution in [0.2, 0.25) is 0 Å². The molecule has 78 valence electrons. The number of hydrogen-bond donors (Lipinski definition) is 1. The van der Waals surface area contributed by atoms with E-state index in [9.17, 15) is 4.79 Å². The molecule has 1 rings (SSSR count). The number of carbonyl (C=O) groups excluding carboxylic acids is 1. The van der Waals surface area contributed by atoms with Crippen LogP contribution in [-0.4, -0.2) is 12.6 Å². The van der Waals surface area contributed by atoms with Crippen LogP contribution in [0, 0.1) is 0 Å². The number of rotatable bonds is 4. The van der Waals surface area contributed by atoms with E-state index in [0.717, 1.165) is 8.66 Å². The Balaban J connectivity index is 2.50. The summed E-state index contributed by atoms with van der Waals surface area (Å²) in [6.07, 6.45) is 0.237. The molecular formula is C9H12BrNO2S. The minimum absolute atomic E-state index is 0.237. The van der Waals surface area contributed by atoms with Gasteiger partial charge in [-0.05, 0) is 35.0 Å². The number of halogens is 1. The molecule has 0 aliphatic carbocycles. The van der Waals surface area contributed by atoms with E-state index >= 15 is 0 Å². The Labute approximate surface area is 95.4 Å². The van der Waals surface area contributed by atoms with Crippen molar-refractivity contribution in [2.24, 2.45) is 5.73 Å². The molecule has 0 aliphatic rings. The van der Waals surface area contributed by atoms with Gasteiger partial charge < -0.3 is 10.5 Å². The van der Waals surface area contributed by atoms with Crippen molar-refractivity contribution in [1.82, 2.24) is 0 Å². The van der Waals surface area contributed by atoms with Gasteiger partial charge in [-0.25, -0.2) is 0 Å². The van der Waals surface area contributed by atoms with Crippen LogP contribution in [0.4, 0.5) is 0 Å². The Bertz CT molecular complexity index is 314. The van der Waals surface area contributed by atoms with Gasteiger partial charge in [-0.1, -0.05) is 0 Å². The maximum Gasteiger partial charge on any atom is 0.307 e. The number of carbonyl (C=O) groups is 1. The highest BCUT2D eigenvalue weighted by Crippen LogP contribution is 2.27. The van der Waals surface area contributed by atoms with Gasteiger partial charge in [-0.2, -0.15) is 0 Å². The van der Waals surface area contributed by atoms with Gasteiger partial charge in [-0.3, -0.25) is 4.79 Å². The molecule has 5 heteroatoms. The summed E-state index contributed by atoms with van der Waals surface area (Å²) in [5.41, 5.74) is 5.83. The summed E-state index contributed by atoms with van der Waals surface area (Å²) in [6, 6.07) is 3.58. The normalized spacial score (nSPS) is 12.5. The molecule has 0 aromatic carbocycles. The summed E-state index contributed by atoms with van der Waals surface area (Å²) in [5, 5.41) is 0. The fourth-order valence-corrected chi connectivity index (χ4v) is 2.45. The van der Waals surface area contributed by atoms with Gasteiger partial charge in [0.05, 0.1) is 16.8 Å². The lowest BCUT2D eigenvalue weighted by molar-refractivity contribution is -0.143. The van der Waals surface area contributed by atoms with Crippen molar-refractivity contribution in [3.05, 3.63) is 20.8 Å². The van der Waals surface area contributed by atoms with E-state index in [4.69, 9.17) is 10.5 Å². The SMILES string of the molecule is CCOC(=O)CC(N)c1ccc(Br)s1. The minimum Gasteiger partial charge on any atom is -0.466 e. The molecule has 0 amide bonds. The minimum atomic E-state index is -0.259. The molecule has 0 spiro atoms. The Morgan fingerprint density at radius 2 is 2.43 bits per heavy atom. The van der Waals surface area contributed by atoms with E-state index in [2.05, 4.69) is 15.9 Å². The monoisotopic (exact) mass is 277 g/mol. The molecule has 1 unspecified atom stereocenters. The first kappa shape index (κ1) is 11.7. The summed E-state index contributed by atoms with van der Waals surface area (Å²) in [5.74, 6) is -0.246. The van der Waals surface area contributed by atoms with Gasteiger partial charge >= 0.3 is 5.97 Å². The maximum atomic E-state index is 11.1. The topological polar surface area (TPSA) is 52.3 Å². The van der Waals surface area contributed by atoms with E-state index in [1.807, 2.05) is 12.1 Å². The second kappa shape index (κ2) is 5.48. The highest BCUT2D eigenvalue weighted by Gasteiger charge is 2.13. The molecule has 14 heavy (non-hydrogen) atoms. The summed E-state index contributed by atoms with van der Waals surface area (Å²) < 4.78 is 5.83.